The Balaban J connectivity index is 2.03. The first-order valence-electron chi connectivity index (χ1n) is 8.86. The largest absolute Gasteiger partial charge is 0.294 e. The van der Waals surface area contributed by atoms with E-state index in [2.05, 4.69) is 59.8 Å². The molecule has 0 aliphatic heterocycles. The summed E-state index contributed by atoms with van der Waals surface area (Å²) >= 11 is 1.83. The van der Waals surface area contributed by atoms with Crippen LogP contribution in [0.3, 0.4) is 0 Å². The van der Waals surface area contributed by atoms with Gasteiger partial charge in [-0.15, -0.1) is 0 Å². The molecule has 3 aromatic rings. The lowest BCUT2D eigenvalue weighted by Gasteiger charge is -2.18. The standard InChI is InChI=1S/C20H26N2S/c1-3-5-7-11-16(10-4-2)18-19(17-12-8-6-9-13-17)23-20-21-14-15-22(18)20/h6,8-9,12-16H,3-5,7,10-11H2,1-2H3. The van der Waals surface area contributed by atoms with Crippen LogP contribution in [0, 0.1) is 0 Å². The number of aromatic nitrogens is 2. The maximum atomic E-state index is 4.55. The van der Waals surface area contributed by atoms with Gasteiger partial charge in [-0.25, -0.2) is 4.98 Å². The Kier molecular flexibility index (Phi) is 5.50. The van der Waals surface area contributed by atoms with Gasteiger partial charge in [-0.3, -0.25) is 4.40 Å². The fourth-order valence-corrected chi connectivity index (χ4v) is 4.56. The molecule has 0 saturated carbocycles. The lowest BCUT2D eigenvalue weighted by atomic mass is 9.91. The molecule has 0 aliphatic carbocycles. The first-order valence-corrected chi connectivity index (χ1v) is 9.68. The zero-order valence-corrected chi connectivity index (χ0v) is 15.0. The molecule has 0 N–H and O–H groups in total. The summed E-state index contributed by atoms with van der Waals surface area (Å²) in [5.74, 6) is 0.629. The quantitative estimate of drug-likeness (QED) is 0.430. The van der Waals surface area contributed by atoms with Gasteiger partial charge in [0.1, 0.15) is 0 Å². The number of hydrogen-bond donors (Lipinski definition) is 0. The van der Waals surface area contributed by atoms with Crippen LogP contribution in [0.5, 0.6) is 0 Å². The third-order valence-corrected chi connectivity index (χ3v) is 5.64. The van der Waals surface area contributed by atoms with E-state index in [1.165, 1.54) is 54.7 Å². The number of thiazole rings is 1. The van der Waals surface area contributed by atoms with E-state index >= 15 is 0 Å². The van der Waals surface area contributed by atoms with E-state index in [1.807, 2.05) is 17.5 Å². The van der Waals surface area contributed by atoms with Crippen molar-refractivity contribution in [3.8, 4) is 10.4 Å². The molecule has 0 aliphatic rings. The van der Waals surface area contributed by atoms with E-state index in [1.54, 1.807) is 0 Å². The summed E-state index contributed by atoms with van der Waals surface area (Å²) in [7, 11) is 0. The summed E-state index contributed by atoms with van der Waals surface area (Å²) in [6.07, 6.45) is 11.8. The zero-order valence-electron chi connectivity index (χ0n) is 14.2. The van der Waals surface area contributed by atoms with Gasteiger partial charge < -0.3 is 0 Å². The SMILES string of the molecule is CCCCCC(CCC)c1c(-c2ccccc2)sc2nccn12. The summed E-state index contributed by atoms with van der Waals surface area (Å²) in [5, 5.41) is 0. The van der Waals surface area contributed by atoms with Gasteiger partial charge >= 0.3 is 0 Å². The van der Waals surface area contributed by atoms with Gasteiger partial charge in [0.05, 0.1) is 4.88 Å². The fraction of sp³-hybridized carbons (Fsp3) is 0.450. The van der Waals surface area contributed by atoms with Gasteiger partial charge in [0.2, 0.25) is 0 Å². The second-order valence-electron chi connectivity index (χ2n) is 6.24. The second kappa shape index (κ2) is 7.78. The summed E-state index contributed by atoms with van der Waals surface area (Å²) in [4.78, 5) is 7.07. The molecule has 0 fully saturated rings. The van der Waals surface area contributed by atoms with Gasteiger partial charge in [-0.1, -0.05) is 81.2 Å². The van der Waals surface area contributed by atoms with Gasteiger partial charge in [-0.05, 0) is 18.4 Å². The second-order valence-corrected chi connectivity index (χ2v) is 7.22. The lowest BCUT2D eigenvalue weighted by Crippen LogP contribution is -2.04. The minimum atomic E-state index is 0.629. The molecule has 2 nitrogen and oxygen atoms in total. The molecule has 122 valence electrons. The molecule has 23 heavy (non-hydrogen) atoms. The summed E-state index contributed by atoms with van der Waals surface area (Å²) in [6, 6.07) is 10.8. The van der Waals surface area contributed by atoms with Crippen LogP contribution < -0.4 is 0 Å². The van der Waals surface area contributed by atoms with Crippen LogP contribution in [-0.2, 0) is 0 Å². The molecule has 1 aromatic carbocycles. The minimum absolute atomic E-state index is 0.629. The highest BCUT2D eigenvalue weighted by Crippen LogP contribution is 2.40. The van der Waals surface area contributed by atoms with Crippen molar-refractivity contribution in [1.82, 2.24) is 9.38 Å². The minimum Gasteiger partial charge on any atom is -0.294 e. The van der Waals surface area contributed by atoms with Gasteiger partial charge in [-0.2, -0.15) is 0 Å². The Morgan fingerprint density at radius 3 is 2.61 bits per heavy atom. The molecule has 3 heteroatoms. The molecule has 0 saturated heterocycles. The number of nitrogens with zero attached hydrogens (tertiary/aromatic N) is 2. The third kappa shape index (κ3) is 3.50. The van der Waals surface area contributed by atoms with Gasteiger partial charge in [0.15, 0.2) is 4.96 Å². The highest BCUT2D eigenvalue weighted by Gasteiger charge is 2.22. The van der Waals surface area contributed by atoms with E-state index in [9.17, 15) is 0 Å². The van der Waals surface area contributed by atoms with E-state index in [4.69, 9.17) is 0 Å². The van der Waals surface area contributed by atoms with Crippen LogP contribution in [-0.4, -0.2) is 9.38 Å². The van der Waals surface area contributed by atoms with E-state index in [-0.39, 0.29) is 0 Å². The third-order valence-electron chi connectivity index (χ3n) is 4.51. The average Bonchev–Trinajstić information content (AvgIpc) is 3.16. The van der Waals surface area contributed by atoms with Crippen molar-refractivity contribution in [2.75, 3.05) is 0 Å². The Hall–Kier alpha value is -1.61. The molecule has 0 radical (unpaired) electrons. The van der Waals surface area contributed by atoms with Crippen molar-refractivity contribution in [3.63, 3.8) is 0 Å². The maximum absolute atomic E-state index is 4.55. The van der Waals surface area contributed by atoms with Crippen molar-refractivity contribution in [2.24, 2.45) is 0 Å². The molecule has 1 unspecified atom stereocenters. The van der Waals surface area contributed by atoms with Crippen LogP contribution in [0.1, 0.15) is 64.0 Å². The molecular formula is C20H26N2S. The van der Waals surface area contributed by atoms with Crippen LogP contribution in [0.4, 0.5) is 0 Å². The normalized spacial score (nSPS) is 12.8. The number of hydrogen-bond acceptors (Lipinski definition) is 2. The molecule has 0 amide bonds. The van der Waals surface area contributed by atoms with Gasteiger partial charge in [0.25, 0.3) is 0 Å². The number of fused-ring (bicyclic) bond motifs is 1. The fourth-order valence-electron chi connectivity index (χ4n) is 3.39. The van der Waals surface area contributed by atoms with Crippen LogP contribution in [0.2, 0.25) is 0 Å². The van der Waals surface area contributed by atoms with Crippen molar-refractivity contribution in [1.29, 1.82) is 0 Å². The van der Waals surface area contributed by atoms with Crippen LogP contribution >= 0.6 is 11.3 Å². The zero-order chi connectivity index (χ0) is 16.1. The summed E-state index contributed by atoms with van der Waals surface area (Å²) < 4.78 is 2.33. The van der Waals surface area contributed by atoms with E-state index in [0.29, 0.717) is 5.92 Å². The average molecular weight is 327 g/mol. The highest BCUT2D eigenvalue weighted by molar-refractivity contribution is 7.20. The summed E-state index contributed by atoms with van der Waals surface area (Å²) in [5.41, 5.74) is 2.81. The highest BCUT2D eigenvalue weighted by atomic mass is 32.1. The molecule has 2 heterocycles. The molecule has 3 rings (SSSR count). The number of rotatable bonds is 8. The number of unbranched alkanes of at least 4 members (excludes halogenated alkanes) is 2. The Bertz CT molecular complexity index is 727. The Morgan fingerprint density at radius 1 is 1.04 bits per heavy atom. The molecule has 0 spiro atoms. The molecule has 1 atom stereocenters. The van der Waals surface area contributed by atoms with Crippen molar-refractivity contribution in [3.05, 3.63) is 48.4 Å². The molecule has 2 aromatic heterocycles. The first kappa shape index (κ1) is 16.3. The first-order chi connectivity index (χ1) is 11.3. The van der Waals surface area contributed by atoms with E-state index in [0.717, 1.165) is 4.96 Å². The van der Waals surface area contributed by atoms with Crippen molar-refractivity contribution >= 4 is 16.3 Å². The monoisotopic (exact) mass is 326 g/mol. The molecule has 0 bridgehead atoms. The number of imidazole rings is 1. The Morgan fingerprint density at radius 2 is 1.87 bits per heavy atom. The van der Waals surface area contributed by atoms with Crippen LogP contribution in [0.25, 0.3) is 15.4 Å². The number of benzene rings is 1. The van der Waals surface area contributed by atoms with Gasteiger partial charge in [0, 0.05) is 24.0 Å². The molecular weight excluding hydrogens is 300 g/mol. The summed E-state index contributed by atoms with van der Waals surface area (Å²) in [6.45, 7) is 4.58. The Labute approximate surface area is 143 Å². The van der Waals surface area contributed by atoms with Crippen LogP contribution in [0.15, 0.2) is 42.7 Å². The van der Waals surface area contributed by atoms with E-state index < -0.39 is 0 Å². The van der Waals surface area contributed by atoms with Crippen molar-refractivity contribution < 1.29 is 0 Å². The van der Waals surface area contributed by atoms with Crippen molar-refractivity contribution in [2.45, 2.75) is 58.3 Å². The topological polar surface area (TPSA) is 17.3 Å². The lowest BCUT2D eigenvalue weighted by molar-refractivity contribution is 0.518. The predicted octanol–water partition coefficient (Wildman–Crippen LogP) is 6.53. The smallest absolute Gasteiger partial charge is 0.194 e. The maximum Gasteiger partial charge on any atom is 0.194 e. The predicted molar refractivity (Wildman–Crippen MR) is 100 cm³/mol.